The van der Waals surface area contributed by atoms with Crippen LogP contribution in [0.3, 0.4) is 0 Å². The van der Waals surface area contributed by atoms with Gasteiger partial charge < -0.3 is 4.90 Å². The molecule has 0 N–H and O–H groups in total. The van der Waals surface area contributed by atoms with Crippen molar-refractivity contribution in [3.8, 4) is 0 Å². The molecule has 7 heteroatoms. The molecule has 0 aromatic heterocycles. The van der Waals surface area contributed by atoms with E-state index in [-0.39, 0.29) is 19.4 Å². The molecule has 1 aliphatic rings. The smallest absolute Gasteiger partial charge is 0.333 e. The Kier molecular flexibility index (Phi) is 4.26. The first-order valence-corrected chi connectivity index (χ1v) is 6.65. The third kappa shape index (κ3) is 3.45. The molecule has 2 rings (SSSR count). The highest BCUT2D eigenvalue weighted by Gasteiger charge is 2.40. The lowest BCUT2D eigenvalue weighted by molar-refractivity contribution is -0.138. The number of piperidine rings is 1. The molecule has 2 nitrogen and oxygen atoms in total. The molecule has 1 saturated heterocycles. The maximum absolute atomic E-state index is 13.4. The average molecular weight is 319 g/mol. The summed E-state index contributed by atoms with van der Waals surface area (Å²) in [5.74, 6) is -4.10. The largest absolute Gasteiger partial charge is 0.417 e. The van der Waals surface area contributed by atoms with Crippen LogP contribution in [0.4, 0.5) is 22.0 Å². The molecule has 0 aliphatic carbocycles. The van der Waals surface area contributed by atoms with Crippen molar-refractivity contribution in [2.24, 2.45) is 0 Å². The van der Waals surface area contributed by atoms with E-state index in [0.29, 0.717) is 5.56 Å². The molecule has 0 radical (unpaired) electrons. The number of nitrogens with zero attached hydrogens (tertiary/aromatic N) is 1. The van der Waals surface area contributed by atoms with Crippen LogP contribution in [-0.2, 0) is 6.18 Å². The Hall–Kier alpha value is -1.92. The average Bonchev–Trinajstić information content (AvgIpc) is 2.43. The Labute approximate surface area is 124 Å². The van der Waals surface area contributed by atoms with Gasteiger partial charge in [0, 0.05) is 13.0 Å². The van der Waals surface area contributed by atoms with Crippen LogP contribution in [-0.4, -0.2) is 29.8 Å². The van der Waals surface area contributed by atoms with Gasteiger partial charge in [0.15, 0.2) is 0 Å². The number of rotatable bonds is 2. The van der Waals surface area contributed by atoms with Crippen molar-refractivity contribution in [1.82, 2.24) is 4.90 Å². The molecule has 22 heavy (non-hydrogen) atoms. The maximum atomic E-state index is 13.4. The number of carbonyl (C=O) groups excluding carboxylic acids is 1. The summed E-state index contributed by atoms with van der Waals surface area (Å²) < 4.78 is 65.8. The van der Waals surface area contributed by atoms with Crippen molar-refractivity contribution in [2.75, 3.05) is 13.1 Å². The standard InChI is InChI=1S/C15H14F5NO/c1-2-10-4-5-12(15(18,19)20)11(8-10)13(22)21-7-3-6-14(16,17)9-21/h2,4-5,8H,1,3,6-7,9H2. The zero-order valence-corrected chi connectivity index (χ0v) is 11.6. The van der Waals surface area contributed by atoms with Gasteiger partial charge in [0.1, 0.15) is 0 Å². The van der Waals surface area contributed by atoms with Crippen LogP contribution in [0.25, 0.3) is 6.08 Å². The van der Waals surface area contributed by atoms with Gasteiger partial charge in [-0.05, 0) is 24.1 Å². The molecule has 0 bridgehead atoms. The van der Waals surface area contributed by atoms with Crippen LogP contribution in [0, 0.1) is 0 Å². The van der Waals surface area contributed by atoms with Gasteiger partial charge in [-0.3, -0.25) is 4.79 Å². The molecule has 0 spiro atoms. The predicted octanol–water partition coefficient (Wildman–Crippen LogP) is 4.22. The van der Waals surface area contributed by atoms with Crippen molar-refractivity contribution in [2.45, 2.75) is 24.9 Å². The van der Waals surface area contributed by atoms with Gasteiger partial charge in [-0.25, -0.2) is 8.78 Å². The second-order valence-corrected chi connectivity index (χ2v) is 5.19. The van der Waals surface area contributed by atoms with Gasteiger partial charge >= 0.3 is 6.18 Å². The van der Waals surface area contributed by atoms with E-state index < -0.39 is 35.7 Å². The lowest BCUT2D eigenvalue weighted by atomic mass is 10.00. The summed E-state index contributed by atoms with van der Waals surface area (Å²) in [4.78, 5) is 13.1. The Balaban J connectivity index is 2.41. The fraction of sp³-hybridized carbons (Fsp3) is 0.400. The van der Waals surface area contributed by atoms with Crippen LogP contribution in [0.2, 0.25) is 0 Å². The SMILES string of the molecule is C=Cc1ccc(C(F)(F)F)c(C(=O)N2CCCC(F)(F)C2)c1. The molecule has 1 fully saturated rings. The Bertz CT molecular complexity index is 594. The normalized spacial score (nSPS) is 18.1. The van der Waals surface area contributed by atoms with Crippen molar-refractivity contribution < 1.29 is 26.7 Å². The summed E-state index contributed by atoms with van der Waals surface area (Å²) in [5, 5.41) is 0. The number of hydrogen-bond donors (Lipinski definition) is 0. The first-order valence-electron chi connectivity index (χ1n) is 6.65. The highest BCUT2D eigenvalue weighted by molar-refractivity contribution is 5.96. The van der Waals surface area contributed by atoms with Crippen LogP contribution in [0.5, 0.6) is 0 Å². The van der Waals surface area contributed by atoms with E-state index in [0.717, 1.165) is 17.0 Å². The zero-order valence-electron chi connectivity index (χ0n) is 11.6. The van der Waals surface area contributed by atoms with Gasteiger partial charge in [0.05, 0.1) is 17.7 Å². The predicted molar refractivity (Wildman–Crippen MR) is 71.6 cm³/mol. The summed E-state index contributed by atoms with van der Waals surface area (Å²) in [5.41, 5.74) is -1.43. The number of benzene rings is 1. The van der Waals surface area contributed by atoms with Crippen LogP contribution >= 0.6 is 0 Å². The lowest BCUT2D eigenvalue weighted by Crippen LogP contribution is -2.46. The second kappa shape index (κ2) is 5.70. The molecular formula is C15H14F5NO. The number of likely N-dealkylation sites (tertiary alicyclic amines) is 1. The number of alkyl halides is 5. The van der Waals surface area contributed by atoms with E-state index >= 15 is 0 Å². The Morgan fingerprint density at radius 2 is 2.00 bits per heavy atom. The van der Waals surface area contributed by atoms with Gasteiger partial charge in [-0.15, -0.1) is 0 Å². The monoisotopic (exact) mass is 319 g/mol. The minimum Gasteiger partial charge on any atom is -0.333 e. The summed E-state index contributed by atoms with van der Waals surface area (Å²) in [6.07, 6.45) is -3.75. The number of halogens is 5. The van der Waals surface area contributed by atoms with Crippen molar-refractivity contribution in [3.63, 3.8) is 0 Å². The minimum atomic E-state index is -4.73. The van der Waals surface area contributed by atoms with Gasteiger partial charge in [-0.1, -0.05) is 18.7 Å². The molecule has 1 amide bonds. The highest BCUT2D eigenvalue weighted by Crippen LogP contribution is 2.34. The quantitative estimate of drug-likeness (QED) is 0.748. The maximum Gasteiger partial charge on any atom is 0.417 e. The van der Waals surface area contributed by atoms with Crippen LogP contribution in [0.1, 0.15) is 34.3 Å². The summed E-state index contributed by atoms with van der Waals surface area (Å²) in [6, 6.07) is 2.98. The van der Waals surface area contributed by atoms with E-state index in [2.05, 4.69) is 6.58 Å². The molecule has 1 aromatic rings. The molecule has 0 unspecified atom stereocenters. The fourth-order valence-corrected chi connectivity index (χ4v) is 2.42. The third-order valence-corrected chi connectivity index (χ3v) is 3.50. The molecule has 0 atom stereocenters. The van der Waals surface area contributed by atoms with Crippen LogP contribution in [0.15, 0.2) is 24.8 Å². The molecular weight excluding hydrogens is 305 g/mol. The van der Waals surface area contributed by atoms with Crippen molar-refractivity contribution >= 4 is 12.0 Å². The van der Waals surface area contributed by atoms with Gasteiger partial charge in [0.25, 0.3) is 11.8 Å². The van der Waals surface area contributed by atoms with E-state index in [1.165, 1.54) is 12.1 Å². The molecule has 120 valence electrons. The van der Waals surface area contributed by atoms with E-state index in [4.69, 9.17) is 0 Å². The molecule has 1 aliphatic heterocycles. The summed E-state index contributed by atoms with van der Waals surface area (Å²) in [6.45, 7) is 2.59. The first-order chi connectivity index (χ1) is 10.1. The lowest BCUT2D eigenvalue weighted by Gasteiger charge is -2.33. The molecule has 1 aromatic carbocycles. The minimum absolute atomic E-state index is 0.0179. The van der Waals surface area contributed by atoms with E-state index in [1.807, 2.05) is 0 Å². The van der Waals surface area contributed by atoms with E-state index in [9.17, 15) is 26.7 Å². The fourth-order valence-electron chi connectivity index (χ4n) is 2.42. The summed E-state index contributed by atoms with van der Waals surface area (Å²) in [7, 11) is 0. The van der Waals surface area contributed by atoms with Crippen molar-refractivity contribution in [1.29, 1.82) is 0 Å². The topological polar surface area (TPSA) is 20.3 Å². The Morgan fingerprint density at radius 3 is 2.55 bits per heavy atom. The molecule has 1 heterocycles. The highest BCUT2D eigenvalue weighted by atomic mass is 19.4. The number of amides is 1. The second-order valence-electron chi connectivity index (χ2n) is 5.19. The van der Waals surface area contributed by atoms with Crippen molar-refractivity contribution in [3.05, 3.63) is 41.5 Å². The van der Waals surface area contributed by atoms with Crippen LogP contribution < -0.4 is 0 Å². The summed E-state index contributed by atoms with van der Waals surface area (Å²) >= 11 is 0. The zero-order chi connectivity index (χ0) is 16.5. The number of hydrogen-bond acceptors (Lipinski definition) is 1. The van der Waals surface area contributed by atoms with E-state index in [1.54, 1.807) is 0 Å². The van der Waals surface area contributed by atoms with Gasteiger partial charge in [0.2, 0.25) is 0 Å². The first kappa shape index (κ1) is 16.5. The number of carbonyl (C=O) groups is 1. The van der Waals surface area contributed by atoms with Gasteiger partial charge in [-0.2, -0.15) is 13.2 Å². The Morgan fingerprint density at radius 1 is 1.32 bits per heavy atom. The molecule has 0 saturated carbocycles. The third-order valence-electron chi connectivity index (χ3n) is 3.50.